The third-order valence-corrected chi connectivity index (χ3v) is 5.05. The number of hydrogen-bond donors (Lipinski definition) is 3. The van der Waals surface area contributed by atoms with Gasteiger partial charge in [0, 0.05) is 36.7 Å². The van der Waals surface area contributed by atoms with Gasteiger partial charge in [0.15, 0.2) is 11.5 Å². The van der Waals surface area contributed by atoms with E-state index in [0.29, 0.717) is 53.2 Å². The van der Waals surface area contributed by atoms with E-state index in [0.717, 1.165) is 10.6 Å². The van der Waals surface area contributed by atoms with Gasteiger partial charge in [0.1, 0.15) is 16.5 Å². The van der Waals surface area contributed by atoms with Gasteiger partial charge < -0.3 is 31.0 Å². The second-order valence-corrected chi connectivity index (χ2v) is 7.28. The van der Waals surface area contributed by atoms with Crippen molar-refractivity contribution in [2.75, 3.05) is 26.5 Å². The summed E-state index contributed by atoms with van der Waals surface area (Å²) in [6.45, 7) is 0.763. The molecule has 2 aromatic carbocycles. The molecule has 1 heterocycles. The lowest BCUT2D eigenvalue weighted by Gasteiger charge is -2.14. The molecule has 10 heteroatoms. The van der Waals surface area contributed by atoms with Gasteiger partial charge in [-0.2, -0.15) is 0 Å². The summed E-state index contributed by atoms with van der Waals surface area (Å²) in [5.74, 6) is 1.83. The molecule has 0 bridgehead atoms. The highest BCUT2D eigenvalue weighted by Crippen LogP contribution is 2.34. The molecule has 1 aromatic heterocycles. The molecule has 0 fully saturated rings. The molecule has 0 unspecified atom stereocenters. The number of aromatic nitrogens is 2. The minimum absolute atomic E-state index is 0.240. The highest BCUT2D eigenvalue weighted by Gasteiger charge is 2.13. The Morgan fingerprint density at radius 2 is 1.87 bits per heavy atom. The topological polar surface area (TPSA) is 135 Å². The summed E-state index contributed by atoms with van der Waals surface area (Å²) in [5.41, 5.74) is 12.6. The Labute approximate surface area is 178 Å². The molecule has 0 saturated heterocycles. The number of ether oxygens (including phenoxy) is 3. The van der Waals surface area contributed by atoms with Gasteiger partial charge in [0.2, 0.25) is 5.13 Å². The molecule has 5 N–H and O–H groups in total. The molecule has 9 nitrogen and oxygen atoms in total. The summed E-state index contributed by atoms with van der Waals surface area (Å²) >= 11 is 1.30. The summed E-state index contributed by atoms with van der Waals surface area (Å²) in [6, 6.07) is 10.3. The van der Waals surface area contributed by atoms with Crippen LogP contribution in [0.5, 0.6) is 23.0 Å². The number of carbonyl (C=O) groups excluding carboxylic acids is 1. The number of hydrogen-bond acceptors (Lipinski definition) is 9. The number of nitrogens with two attached hydrogens (primary N) is 2. The number of rotatable bonds is 9. The average molecular weight is 430 g/mol. The highest BCUT2D eigenvalue weighted by molar-refractivity contribution is 7.15. The van der Waals surface area contributed by atoms with E-state index in [4.69, 9.17) is 25.7 Å². The van der Waals surface area contributed by atoms with E-state index in [-0.39, 0.29) is 5.91 Å². The van der Waals surface area contributed by atoms with Crippen molar-refractivity contribution in [3.8, 4) is 23.0 Å². The minimum Gasteiger partial charge on any atom is -0.496 e. The molecule has 30 heavy (non-hydrogen) atoms. The summed E-state index contributed by atoms with van der Waals surface area (Å²) in [7, 11) is 3.10. The number of benzene rings is 2. The molecule has 1 amide bonds. The average Bonchev–Trinajstić information content (AvgIpc) is 3.18. The Hall–Kier alpha value is -3.37. The summed E-state index contributed by atoms with van der Waals surface area (Å²) < 4.78 is 16.7. The van der Waals surface area contributed by atoms with Gasteiger partial charge in [-0.1, -0.05) is 17.4 Å². The van der Waals surface area contributed by atoms with E-state index in [1.807, 2.05) is 6.07 Å². The number of nitrogens with one attached hydrogen (secondary N) is 1. The van der Waals surface area contributed by atoms with E-state index in [1.165, 1.54) is 18.4 Å². The first-order valence-corrected chi connectivity index (χ1v) is 9.94. The van der Waals surface area contributed by atoms with E-state index in [2.05, 4.69) is 15.5 Å². The highest BCUT2D eigenvalue weighted by atomic mass is 32.1. The zero-order valence-electron chi connectivity index (χ0n) is 16.7. The third-order valence-electron chi connectivity index (χ3n) is 4.24. The number of nitrogens with zero attached hydrogens (tertiary/aromatic N) is 2. The lowest BCUT2D eigenvalue weighted by molar-refractivity contribution is 0.0953. The van der Waals surface area contributed by atoms with Gasteiger partial charge in [-0.15, -0.1) is 10.2 Å². The molecule has 0 aliphatic heterocycles. The summed E-state index contributed by atoms with van der Waals surface area (Å²) in [5, 5.41) is 11.7. The van der Waals surface area contributed by atoms with Crippen LogP contribution >= 0.6 is 11.3 Å². The van der Waals surface area contributed by atoms with Crippen molar-refractivity contribution in [2.45, 2.75) is 13.0 Å². The zero-order valence-corrected chi connectivity index (χ0v) is 17.5. The van der Waals surface area contributed by atoms with Crippen LogP contribution in [0.25, 0.3) is 0 Å². The van der Waals surface area contributed by atoms with Crippen LogP contribution in [0.4, 0.5) is 5.13 Å². The van der Waals surface area contributed by atoms with E-state index >= 15 is 0 Å². The minimum atomic E-state index is -0.240. The zero-order chi connectivity index (χ0) is 21.5. The Bertz CT molecular complexity index is 1020. The van der Waals surface area contributed by atoms with E-state index in [1.54, 1.807) is 37.4 Å². The lowest BCUT2D eigenvalue weighted by atomic mass is 10.1. The van der Waals surface area contributed by atoms with Crippen molar-refractivity contribution < 1.29 is 19.0 Å². The Balaban J connectivity index is 1.72. The van der Waals surface area contributed by atoms with Crippen LogP contribution in [0, 0.1) is 0 Å². The van der Waals surface area contributed by atoms with Gasteiger partial charge in [-0.3, -0.25) is 4.79 Å². The van der Waals surface area contributed by atoms with Crippen LogP contribution in [-0.2, 0) is 13.0 Å². The maximum absolute atomic E-state index is 12.5. The van der Waals surface area contributed by atoms with Crippen LogP contribution in [-0.4, -0.2) is 36.9 Å². The predicted molar refractivity (Wildman–Crippen MR) is 114 cm³/mol. The molecule has 0 atom stereocenters. The SMILES string of the molecule is COc1cc(Oc2cc(C(=O)NCCc3nnc(N)s3)ccc2OC)ccc1CN. The largest absolute Gasteiger partial charge is 0.496 e. The Morgan fingerprint density at radius 1 is 1.07 bits per heavy atom. The second kappa shape index (κ2) is 9.90. The number of methoxy groups -OCH3 is 2. The van der Waals surface area contributed by atoms with Crippen molar-refractivity contribution in [3.63, 3.8) is 0 Å². The first kappa shape index (κ1) is 21.3. The molecular weight excluding hydrogens is 406 g/mol. The molecule has 0 radical (unpaired) electrons. The monoisotopic (exact) mass is 429 g/mol. The predicted octanol–water partition coefficient (Wildman–Crippen LogP) is 2.36. The fourth-order valence-electron chi connectivity index (χ4n) is 2.73. The maximum atomic E-state index is 12.5. The lowest BCUT2D eigenvalue weighted by Crippen LogP contribution is -2.25. The maximum Gasteiger partial charge on any atom is 0.251 e. The normalized spacial score (nSPS) is 10.5. The fourth-order valence-corrected chi connectivity index (χ4v) is 3.34. The van der Waals surface area contributed by atoms with E-state index < -0.39 is 0 Å². The van der Waals surface area contributed by atoms with Gasteiger partial charge in [-0.25, -0.2) is 0 Å². The second-order valence-electron chi connectivity index (χ2n) is 6.19. The molecule has 3 rings (SSSR count). The van der Waals surface area contributed by atoms with Crippen molar-refractivity contribution in [3.05, 3.63) is 52.5 Å². The Kier molecular flexibility index (Phi) is 7.04. The van der Waals surface area contributed by atoms with Crippen LogP contribution < -0.4 is 31.0 Å². The number of anilines is 1. The molecular formula is C20H23N5O4S. The standard InChI is InChI=1S/C20H23N5O4S/c1-27-15-6-4-12(19(26)23-8-7-18-24-25-20(22)30-18)9-17(15)29-14-5-3-13(11-21)16(10-14)28-2/h3-6,9-10H,7-8,11,21H2,1-2H3,(H2,22,25)(H,23,26). The number of carbonyl (C=O) groups is 1. The molecule has 3 aromatic rings. The fraction of sp³-hybridized carbons (Fsp3) is 0.250. The van der Waals surface area contributed by atoms with Gasteiger partial charge in [0.25, 0.3) is 5.91 Å². The smallest absolute Gasteiger partial charge is 0.251 e. The van der Waals surface area contributed by atoms with Gasteiger partial charge >= 0.3 is 0 Å². The summed E-state index contributed by atoms with van der Waals surface area (Å²) in [6.07, 6.45) is 0.549. The number of nitrogen functional groups attached to an aromatic ring is 1. The van der Waals surface area contributed by atoms with Crippen molar-refractivity contribution in [1.29, 1.82) is 0 Å². The van der Waals surface area contributed by atoms with Gasteiger partial charge in [-0.05, 0) is 24.3 Å². The first-order chi connectivity index (χ1) is 14.5. The van der Waals surface area contributed by atoms with Crippen molar-refractivity contribution in [1.82, 2.24) is 15.5 Å². The molecule has 0 aliphatic carbocycles. The third kappa shape index (κ3) is 5.16. The van der Waals surface area contributed by atoms with Crippen LogP contribution in [0.15, 0.2) is 36.4 Å². The quantitative estimate of drug-likeness (QED) is 0.472. The van der Waals surface area contributed by atoms with Gasteiger partial charge in [0.05, 0.1) is 14.2 Å². The van der Waals surface area contributed by atoms with Crippen LogP contribution in [0.2, 0.25) is 0 Å². The number of amides is 1. The first-order valence-electron chi connectivity index (χ1n) is 9.13. The van der Waals surface area contributed by atoms with E-state index in [9.17, 15) is 4.79 Å². The molecule has 0 aliphatic rings. The molecule has 158 valence electrons. The Morgan fingerprint density at radius 3 is 2.53 bits per heavy atom. The van der Waals surface area contributed by atoms with Crippen molar-refractivity contribution in [2.24, 2.45) is 5.73 Å². The van der Waals surface area contributed by atoms with Crippen molar-refractivity contribution >= 4 is 22.4 Å². The summed E-state index contributed by atoms with van der Waals surface area (Å²) in [4.78, 5) is 12.5. The molecule has 0 saturated carbocycles. The van der Waals surface area contributed by atoms with Crippen LogP contribution in [0.3, 0.4) is 0 Å². The molecule has 0 spiro atoms. The van der Waals surface area contributed by atoms with Crippen LogP contribution in [0.1, 0.15) is 20.9 Å².